The van der Waals surface area contributed by atoms with E-state index in [9.17, 15) is 0 Å². The molecular formula is C36H37N. The molecule has 0 atom stereocenters. The summed E-state index contributed by atoms with van der Waals surface area (Å²) < 4.78 is 0. The van der Waals surface area contributed by atoms with E-state index in [2.05, 4.69) is 84.9 Å². The van der Waals surface area contributed by atoms with Crippen molar-refractivity contribution in [2.24, 2.45) is 0 Å². The predicted molar refractivity (Wildman–Crippen MR) is 156 cm³/mol. The van der Waals surface area contributed by atoms with Gasteiger partial charge in [0.2, 0.25) is 0 Å². The van der Waals surface area contributed by atoms with Gasteiger partial charge in [0.15, 0.2) is 0 Å². The molecule has 2 spiro atoms. The molecule has 4 aromatic rings. The summed E-state index contributed by atoms with van der Waals surface area (Å²) >= 11 is 0. The molecule has 0 bridgehead atoms. The van der Waals surface area contributed by atoms with Gasteiger partial charge in [-0.15, -0.1) is 0 Å². The van der Waals surface area contributed by atoms with Gasteiger partial charge in [-0.25, -0.2) is 0 Å². The van der Waals surface area contributed by atoms with E-state index in [1.54, 1.807) is 11.1 Å². The van der Waals surface area contributed by atoms with Crippen molar-refractivity contribution in [3.63, 3.8) is 0 Å². The lowest BCUT2D eigenvalue weighted by molar-refractivity contribution is 0.353. The Hall–Kier alpha value is -3.32. The van der Waals surface area contributed by atoms with E-state index in [1.807, 2.05) is 6.07 Å². The SMILES string of the molecule is Nc1ccc2c(c1)C1(CCCCC1)c1ccccc1-2.c1ccc2c(c1)-c1ccccc1C21CCCCC1. The Labute approximate surface area is 221 Å². The highest BCUT2D eigenvalue weighted by Gasteiger charge is 2.44. The molecule has 2 saturated carbocycles. The van der Waals surface area contributed by atoms with Gasteiger partial charge in [0.25, 0.3) is 0 Å². The lowest BCUT2D eigenvalue weighted by Crippen LogP contribution is -2.28. The van der Waals surface area contributed by atoms with E-state index < -0.39 is 0 Å². The van der Waals surface area contributed by atoms with E-state index in [-0.39, 0.29) is 5.41 Å². The zero-order valence-corrected chi connectivity index (χ0v) is 21.8. The van der Waals surface area contributed by atoms with Gasteiger partial charge in [0.1, 0.15) is 0 Å². The fourth-order valence-corrected chi connectivity index (χ4v) is 8.28. The molecule has 186 valence electrons. The van der Waals surface area contributed by atoms with E-state index in [0.717, 1.165) is 5.69 Å². The number of nitrogens with two attached hydrogens (primary N) is 1. The normalized spacial score (nSPS) is 19.4. The van der Waals surface area contributed by atoms with Crippen LogP contribution in [0.3, 0.4) is 0 Å². The van der Waals surface area contributed by atoms with Crippen LogP contribution in [-0.4, -0.2) is 0 Å². The van der Waals surface area contributed by atoms with E-state index in [4.69, 9.17) is 5.73 Å². The van der Waals surface area contributed by atoms with Crippen LogP contribution in [0.2, 0.25) is 0 Å². The first kappa shape index (κ1) is 22.8. The average molecular weight is 484 g/mol. The Bertz CT molecular complexity index is 1400. The van der Waals surface area contributed by atoms with Crippen molar-refractivity contribution in [2.45, 2.75) is 75.0 Å². The summed E-state index contributed by atoms with van der Waals surface area (Å²) in [5.41, 5.74) is 19.5. The van der Waals surface area contributed by atoms with Gasteiger partial charge >= 0.3 is 0 Å². The van der Waals surface area contributed by atoms with E-state index in [0.29, 0.717) is 5.41 Å². The van der Waals surface area contributed by atoms with Crippen molar-refractivity contribution in [1.82, 2.24) is 0 Å². The van der Waals surface area contributed by atoms with Gasteiger partial charge in [0.05, 0.1) is 0 Å². The molecule has 0 aromatic heterocycles. The number of fused-ring (bicyclic) bond motifs is 10. The number of anilines is 1. The minimum absolute atomic E-state index is 0.250. The summed E-state index contributed by atoms with van der Waals surface area (Å²) in [7, 11) is 0. The number of nitrogen functional groups attached to an aromatic ring is 1. The molecule has 37 heavy (non-hydrogen) atoms. The van der Waals surface area contributed by atoms with Gasteiger partial charge < -0.3 is 5.73 Å². The molecule has 0 aliphatic heterocycles. The molecule has 2 N–H and O–H groups in total. The number of hydrogen-bond donors (Lipinski definition) is 1. The fourth-order valence-electron chi connectivity index (χ4n) is 8.28. The molecule has 2 fully saturated rings. The molecule has 4 aliphatic carbocycles. The van der Waals surface area contributed by atoms with Crippen LogP contribution < -0.4 is 5.73 Å². The first-order chi connectivity index (χ1) is 18.2. The van der Waals surface area contributed by atoms with Gasteiger partial charge in [-0.3, -0.25) is 0 Å². The number of benzene rings is 4. The molecule has 0 amide bonds. The van der Waals surface area contributed by atoms with Crippen LogP contribution in [-0.2, 0) is 10.8 Å². The van der Waals surface area contributed by atoms with Crippen LogP contribution in [0.5, 0.6) is 0 Å². The molecule has 4 aromatic carbocycles. The van der Waals surface area contributed by atoms with Crippen molar-refractivity contribution in [1.29, 1.82) is 0 Å². The summed E-state index contributed by atoms with van der Waals surface area (Å²) in [6.45, 7) is 0. The monoisotopic (exact) mass is 483 g/mol. The highest BCUT2D eigenvalue weighted by atomic mass is 14.6. The largest absolute Gasteiger partial charge is 0.399 e. The van der Waals surface area contributed by atoms with Crippen molar-refractivity contribution in [3.8, 4) is 22.3 Å². The highest BCUT2D eigenvalue weighted by Crippen LogP contribution is 2.56. The highest BCUT2D eigenvalue weighted by molar-refractivity contribution is 5.83. The van der Waals surface area contributed by atoms with E-state index >= 15 is 0 Å². The molecule has 4 aliphatic rings. The molecule has 0 saturated heterocycles. The molecular weight excluding hydrogens is 446 g/mol. The minimum Gasteiger partial charge on any atom is -0.399 e. The summed E-state index contributed by atoms with van der Waals surface area (Å²) in [6, 6.07) is 33.5. The smallest absolute Gasteiger partial charge is 0.0317 e. The van der Waals surface area contributed by atoms with Crippen LogP contribution >= 0.6 is 0 Å². The summed E-state index contributed by atoms with van der Waals surface area (Å²) in [6.07, 6.45) is 13.4. The quantitative estimate of drug-likeness (QED) is 0.248. The summed E-state index contributed by atoms with van der Waals surface area (Å²) in [4.78, 5) is 0. The second kappa shape index (κ2) is 8.91. The third-order valence-electron chi connectivity index (χ3n) is 9.88. The summed E-state index contributed by atoms with van der Waals surface area (Å²) in [5, 5.41) is 0. The topological polar surface area (TPSA) is 26.0 Å². The maximum absolute atomic E-state index is 6.06. The van der Waals surface area contributed by atoms with Crippen molar-refractivity contribution in [2.75, 3.05) is 5.73 Å². The average Bonchev–Trinajstić information content (AvgIpc) is 3.38. The first-order valence-corrected chi connectivity index (χ1v) is 14.4. The second-order valence-corrected chi connectivity index (χ2v) is 11.7. The third kappa shape index (κ3) is 3.43. The lowest BCUT2D eigenvalue weighted by Gasteiger charge is -2.36. The lowest BCUT2D eigenvalue weighted by atomic mass is 9.68. The molecule has 8 rings (SSSR count). The van der Waals surface area contributed by atoms with Crippen molar-refractivity contribution < 1.29 is 0 Å². The van der Waals surface area contributed by atoms with Crippen LogP contribution in [0.4, 0.5) is 5.69 Å². The van der Waals surface area contributed by atoms with Gasteiger partial charge in [-0.1, -0.05) is 117 Å². The maximum atomic E-state index is 6.06. The van der Waals surface area contributed by atoms with Crippen molar-refractivity contribution >= 4 is 5.69 Å². The molecule has 0 radical (unpaired) electrons. The number of rotatable bonds is 0. The van der Waals surface area contributed by atoms with E-state index in [1.165, 1.54) is 97.6 Å². The standard InChI is InChI=1S/C18H19N.C18H18/c19-13-8-9-15-14-6-2-3-7-16(14)18(17(15)12-13)10-4-1-5-11-18;1-6-12-18(13-7-1)16-10-4-2-8-14(16)15-9-3-5-11-17(15)18/h2-3,6-9,12H,1,4-5,10-11,19H2;2-5,8-11H,1,6-7,12-13H2. The minimum atomic E-state index is 0.250. The Morgan fingerprint density at radius 1 is 0.405 bits per heavy atom. The summed E-state index contributed by atoms with van der Waals surface area (Å²) in [5.74, 6) is 0. The van der Waals surface area contributed by atoms with Crippen LogP contribution in [0.15, 0.2) is 91.0 Å². The number of hydrogen-bond acceptors (Lipinski definition) is 1. The Kier molecular flexibility index (Phi) is 5.50. The first-order valence-electron chi connectivity index (χ1n) is 14.4. The maximum Gasteiger partial charge on any atom is 0.0317 e. The van der Waals surface area contributed by atoms with Gasteiger partial charge in [-0.2, -0.15) is 0 Å². The Morgan fingerprint density at radius 2 is 0.784 bits per heavy atom. The predicted octanol–water partition coefficient (Wildman–Crippen LogP) is 9.42. The van der Waals surface area contributed by atoms with Crippen LogP contribution in [0.1, 0.15) is 86.5 Å². The van der Waals surface area contributed by atoms with Crippen LogP contribution in [0, 0.1) is 0 Å². The second-order valence-electron chi connectivity index (χ2n) is 11.7. The molecule has 1 nitrogen and oxygen atoms in total. The molecule has 0 unspecified atom stereocenters. The fraction of sp³-hybridized carbons (Fsp3) is 0.333. The zero-order chi connectivity index (χ0) is 24.9. The Balaban J connectivity index is 0.000000125. The Morgan fingerprint density at radius 3 is 1.24 bits per heavy atom. The van der Waals surface area contributed by atoms with Gasteiger partial charge in [-0.05, 0) is 82.3 Å². The van der Waals surface area contributed by atoms with Crippen LogP contribution in [0.25, 0.3) is 22.3 Å². The van der Waals surface area contributed by atoms with Gasteiger partial charge in [0, 0.05) is 16.5 Å². The van der Waals surface area contributed by atoms with Crippen molar-refractivity contribution in [3.05, 3.63) is 113 Å². The molecule has 1 heteroatoms. The third-order valence-corrected chi connectivity index (χ3v) is 9.88. The molecule has 0 heterocycles. The zero-order valence-electron chi connectivity index (χ0n) is 21.8.